The van der Waals surface area contributed by atoms with E-state index in [2.05, 4.69) is 20.8 Å². The molecular formula is C15H23NO2. The number of hydrogen-bond acceptors (Lipinski definition) is 3. The van der Waals surface area contributed by atoms with Gasteiger partial charge in [0.2, 0.25) is 0 Å². The smallest absolute Gasteiger partial charge is 0.124 e. The van der Waals surface area contributed by atoms with Gasteiger partial charge >= 0.3 is 0 Å². The van der Waals surface area contributed by atoms with Gasteiger partial charge in [0.1, 0.15) is 11.4 Å². The lowest BCUT2D eigenvalue weighted by molar-refractivity contribution is -0.0580. The second-order valence-corrected chi connectivity index (χ2v) is 6.04. The van der Waals surface area contributed by atoms with Crippen LogP contribution in [0.15, 0.2) is 24.3 Å². The number of rotatable bonds is 3. The molecule has 2 atom stereocenters. The van der Waals surface area contributed by atoms with Crippen LogP contribution in [0, 0.1) is 0 Å². The van der Waals surface area contributed by atoms with E-state index < -0.39 is 0 Å². The molecule has 0 saturated heterocycles. The molecule has 0 aliphatic carbocycles. The van der Waals surface area contributed by atoms with E-state index in [1.165, 1.54) is 0 Å². The van der Waals surface area contributed by atoms with E-state index in [4.69, 9.17) is 15.2 Å². The van der Waals surface area contributed by atoms with Crippen molar-refractivity contribution in [2.24, 2.45) is 5.73 Å². The van der Waals surface area contributed by atoms with Crippen molar-refractivity contribution in [2.45, 2.75) is 50.9 Å². The van der Waals surface area contributed by atoms with Crippen LogP contribution < -0.4 is 10.5 Å². The summed E-state index contributed by atoms with van der Waals surface area (Å²) in [6.45, 7) is 6.27. The van der Waals surface area contributed by atoms with Crippen LogP contribution in [-0.4, -0.2) is 18.3 Å². The molecular weight excluding hydrogens is 226 g/mol. The van der Waals surface area contributed by atoms with E-state index in [1.54, 1.807) is 7.11 Å². The predicted molar refractivity (Wildman–Crippen MR) is 72.7 cm³/mol. The molecule has 2 N–H and O–H groups in total. The summed E-state index contributed by atoms with van der Waals surface area (Å²) in [5.74, 6) is 0.908. The molecule has 3 heteroatoms. The van der Waals surface area contributed by atoms with Gasteiger partial charge in [0.25, 0.3) is 0 Å². The molecule has 0 saturated carbocycles. The summed E-state index contributed by atoms with van der Waals surface area (Å²) in [6, 6.07) is 8.06. The normalized spacial score (nSPS) is 27.5. The summed E-state index contributed by atoms with van der Waals surface area (Å²) in [5.41, 5.74) is 6.89. The maximum absolute atomic E-state index is 6.26. The molecule has 0 bridgehead atoms. The molecule has 1 aromatic rings. The molecule has 1 unspecified atom stereocenters. The molecule has 18 heavy (non-hydrogen) atoms. The Kier molecular flexibility index (Phi) is 3.39. The molecule has 0 fully saturated rings. The predicted octanol–water partition coefficient (Wildman–Crippen LogP) is 3.04. The number of hydrogen-bond donors (Lipinski definition) is 1. The minimum Gasteiger partial charge on any atom is -0.487 e. The lowest BCUT2D eigenvalue weighted by Gasteiger charge is -2.42. The Labute approximate surface area is 109 Å². The van der Waals surface area contributed by atoms with E-state index in [9.17, 15) is 0 Å². The van der Waals surface area contributed by atoms with Crippen molar-refractivity contribution in [2.75, 3.05) is 7.11 Å². The van der Waals surface area contributed by atoms with Crippen LogP contribution in [0.25, 0.3) is 0 Å². The monoisotopic (exact) mass is 249 g/mol. The number of nitrogens with two attached hydrogens (primary N) is 1. The number of methoxy groups -OCH3 is 1. The minimum absolute atomic E-state index is 0.0348. The number of benzene rings is 1. The van der Waals surface area contributed by atoms with Gasteiger partial charge in [-0.2, -0.15) is 0 Å². The highest BCUT2D eigenvalue weighted by Crippen LogP contribution is 2.41. The fourth-order valence-corrected chi connectivity index (χ4v) is 2.84. The fraction of sp³-hybridized carbons (Fsp3) is 0.600. The largest absolute Gasteiger partial charge is 0.487 e. The molecule has 3 nitrogen and oxygen atoms in total. The van der Waals surface area contributed by atoms with Crippen molar-refractivity contribution < 1.29 is 9.47 Å². The number of fused-ring (bicyclic) bond motifs is 1. The van der Waals surface area contributed by atoms with E-state index >= 15 is 0 Å². The third-order valence-corrected chi connectivity index (χ3v) is 3.68. The van der Waals surface area contributed by atoms with Crippen molar-refractivity contribution in [3.8, 4) is 5.75 Å². The van der Waals surface area contributed by atoms with Crippen molar-refractivity contribution >= 4 is 0 Å². The van der Waals surface area contributed by atoms with E-state index in [-0.39, 0.29) is 17.2 Å². The quantitative estimate of drug-likeness (QED) is 0.895. The van der Waals surface area contributed by atoms with Gasteiger partial charge in [-0.3, -0.25) is 0 Å². The molecule has 100 valence electrons. The van der Waals surface area contributed by atoms with Crippen LogP contribution in [0.3, 0.4) is 0 Å². The first-order valence-electron chi connectivity index (χ1n) is 6.44. The highest BCUT2D eigenvalue weighted by Gasteiger charge is 2.40. The number of ether oxygens (including phenoxy) is 2. The Hall–Kier alpha value is -1.06. The van der Waals surface area contributed by atoms with Crippen molar-refractivity contribution in [3.05, 3.63) is 29.8 Å². The fourth-order valence-electron chi connectivity index (χ4n) is 2.84. The Bertz CT molecular complexity index is 430. The summed E-state index contributed by atoms with van der Waals surface area (Å²) in [5, 5.41) is 0. The van der Waals surface area contributed by atoms with Gasteiger partial charge in [0, 0.05) is 31.6 Å². The standard InChI is InChI=1S/C15H23NO2/c1-14(2,17-4)10-15(3)9-12(16)11-7-5-6-8-13(11)18-15/h5-8,12H,9-10,16H2,1-4H3/t12-,15?/m0/s1. The highest BCUT2D eigenvalue weighted by molar-refractivity contribution is 5.38. The van der Waals surface area contributed by atoms with Crippen LogP contribution in [0.5, 0.6) is 5.75 Å². The summed E-state index contributed by atoms with van der Waals surface area (Å²) in [4.78, 5) is 0. The first-order valence-corrected chi connectivity index (χ1v) is 6.44. The van der Waals surface area contributed by atoms with Gasteiger partial charge < -0.3 is 15.2 Å². The maximum Gasteiger partial charge on any atom is 0.124 e. The summed E-state index contributed by atoms with van der Waals surface area (Å²) < 4.78 is 11.7. The third kappa shape index (κ3) is 2.68. The Morgan fingerprint density at radius 1 is 1.44 bits per heavy atom. The highest BCUT2D eigenvalue weighted by atomic mass is 16.5. The molecule has 0 aromatic heterocycles. The Morgan fingerprint density at radius 3 is 2.78 bits per heavy atom. The molecule has 1 aliphatic heterocycles. The summed E-state index contributed by atoms with van der Waals surface area (Å²) in [7, 11) is 1.74. The average molecular weight is 249 g/mol. The molecule has 1 heterocycles. The SMILES string of the molecule is COC(C)(C)CC1(C)C[C@H](N)c2ccccc2O1. The van der Waals surface area contributed by atoms with Gasteiger partial charge in [0.15, 0.2) is 0 Å². The first kappa shape index (κ1) is 13.4. The molecule has 1 aromatic carbocycles. The Morgan fingerprint density at radius 2 is 2.11 bits per heavy atom. The van der Waals surface area contributed by atoms with Crippen LogP contribution in [0.1, 0.15) is 45.2 Å². The second kappa shape index (κ2) is 4.56. The number of para-hydroxylation sites is 1. The second-order valence-electron chi connectivity index (χ2n) is 6.04. The van der Waals surface area contributed by atoms with Crippen LogP contribution >= 0.6 is 0 Å². The Balaban J connectivity index is 2.24. The molecule has 2 rings (SSSR count). The average Bonchev–Trinajstić information content (AvgIpc) is 2.27. The third-order valence-electron chi connectivity index (χ3n) is 3.68. The zero-order valence-electron chi connectivity index (χ0n) is 11.7. The molecule has 0 radical (unpaired) electrons. The lowest BCUT2D eigenvalue weighted by Crippen LogP contribution is -2.45. The van der Waals surface area contributed by atoms with Crippen molar-refractivity contribution in [1.29, 1.82) is 0 Å². The molecule has 0 amide bonds. The topological polar surface area (TPSA) is 44.5 Å². The zero-order chi connectivity index (χ0) is 13.4. The molecule has 0 spiro atoms. The summed E-state index contributed by atoms with van der Waals surface area (Å²) >= 11 is 0. The van der Waals surface area contributed by atoms with Crippen LogP contribution in [0.4, 0.5) is 0 Å². The zero-order valence-corrected chi connectivity index (χ0v) is 11.7. The lowest BCUT2D eigenvalue weighted by atomic mass is 9.82. The molecule has 1 aliphatic rings. The maximum atomic E-state index is 6.26. The first-order chi connectivity index (χ1) is 8.35. The summed E-state index contributed by atoms with van der Waals surface area (Å²) in [6.07, 6.45) is 1.63. The van der Waals surface area contributed by atoms with Gasteiger partial charge in [-0.05, 0) is 26.8 Å². The van der Waals surface area contributed by atoms with Gasteiger partial charge in [-0.15, -0.1) is 0 Å². The van der Waals surface area contributed by atoms with Gasteiger partial charge in [-0.1, -0.05) is 18.2 Å². The van der Waals surface area contributed by atoms with Crippen LogP contribution in [0.2, 0.25) is 0 Å². The van der Waals surface area contributed by atoms with Crippen molar-refractivity contribution in [1.82, 2.24) is 0 Å². The van der Waals surface area contributed by atoms with Gasteiger partial charge in [0.05, 0.1) is 5.60 Å². The van der Waals surface area contributed by atoms with Crippen molar-refractivity contribution in [3.63, 3.8) is 0 Å². The minimum atomic E-state index is -0.271. The van der Waals surface area contributed by atoms with E-state index in [1.807, 2.05) is 24.3 Å². The van der Waals surface area contributed by atoms with E-state index in [0.29, 0.717) is 0 Å². The van der Waals surface area contributed by atoms with Crippen LogP contribution in [-0.2, 0) is 4.74 Å². The van der Waals surface area contributed by atoms with E-state index in [0.717, 1.165) is 24.2 Å². The van der Waals surface area contributed by atoms with Gasteiger partial charge in [-0.25, -0.2) is 0 Å².